The molecule has 3 N–H and O–H groups in total. The fourth-order valence-corrected chi connectivity index (χ4v) is 1.62. The smallest absolute Gasteiger partial charge is 0.132 e. The highest BCUT2D eigenvalue weighted by atomic mass is 16.3. The van der Waals surface area contributed by atoms with Crippen LogP contribution in [0.3, 0.4) is 0 Å². The van der Waals surface area contributed by atoms with Gasteiger partial charge in [0.15, 0.2) is 0 Å². The molecule has 0 heterocycles. The average molecular weight is 200 g/mol. The van der Waals surface area contributed by atoms with Crippen LogP contribution in [-0.2, 0) is 0 Å². The molecule has 0 aliphatic heterocycles. The summed E-state index contributed by atoms with van der Waals surface area (Å²) in [6.45, 7) is 1.77. The lowest BCUT2D eigenvalue weighted by Crippen LogP contribution is -1.99. The molecule has 2 aromatic rings. The summed E-state index contributed by atoms with van der Waals surface area (Å²) >= 11 is 0. The first-order valence-electron chi connectivity index (χ1n) is 4.69. The maximum Gasteiger partial charge on any atom is 0.132 e. The molecule has 0 spiro atoms. The number of nitrogens with two attached hydrogens (primary N) is 1. The Balaban J connectivity index is 2.76. The Morgan fingerprint density at radius 2 is 1.93 bits per heavy atom. The number of phenolic OH excluding ortho intramolecular Hbond substituents is 1. The molecule has 3 heteroatoms. The highest BCUT2D eigenvalue weighted by molar-refractivity contribution is 6.06. The van der Waals surface area contributed by atoms with Gasteiger partial charge < -0.3 is 10.9 Å². The molecule has 2 aromatic carbocycles. The molecule has 0 amide bonds. The predicted molar refractivity (Wildman–Crippen MR) is 62.0 cm³/mol. The predicted octanol–water partition coefficient (Wildman–Crippen LogP) is 2.23. The van der Waals surface area contributed by atoms with Crippen LogP contribution in [0.1, 0.15) is 12.5 Å². The number of hydrazone groups is 1. The summed E-state index contributed by atoms with van der Waals surface area (Å²) < 4.78 is 0. The molecular weight excluding hydrogens is 188 g/mol. The number of aromatic hydroxyl groups is 1. The molecule has 0 aliphatic rings. The molecule has 0 saturated carbocycles. The molecule has 76 valence electrons. The van der Waals surface area contributed by atoms with E-state index in [0.717, 1.165) is 10.8 Å². The summed E-state index contributed by atoms with van der Waals surface area (Å²) in [5.74, 6) is 5.43. The normalized spacial score (nSPS) is 11.9. The van der Waals surface area contributed by atoms with Gasteiger partial charge in [-0.3, -0.25) is 0 Å². The van der Waals surface area contributed by atoms with Crippen molar-refractivity contribution in [2.45, 2.75) is 6.92 Å². The molecular formula is C12H12N2O. The molecule has 0 saturated heterocycles. The highest BCUT2D eigenvalue weighted by Gasteiger charge is 2.07. The summed E-state index contributed by atoms with van der Waals surface area (Å²) in [5.41, 5.74) is 1.30. The fraction of sp³-hybridized carbons (Fsp3) is 0.0833. The van der Waals surface area contributed by atoms with E-state index in [1.807, 2.05) is 36.4 Å². The van der Waals surface area contributed by atoms with E-state index in [1.165, 1.54) is 0 Å². The van der Waals surface area contributed by atoms with Crippen molar-refractivity contribution in [1.82, 2.24) is 0 Å². The van der Waals surface area contributed by atoms with Gasteiger partial charge in [0, 0.05) is 10.9 Å². The van der Waals surface area contributed by atoms with Gasteiger partial charge in [0.05, 0.1) is 5.71 Å². The van der Waals surface area contributed by atoms with E-state index in [1.54, 1.807) is 6.92 Å². The van der Waals surface area contributed by atoms with Gasteiger partial charge in [0.25, 0.3) is 0 Å². The minimum absolute atomic E-state index is 0.236. The highest BCUT2D eigenvalue weighted by Crippen LogP contribution is 2.28. The van der Waals surface area contributed by atoms with Crippen LogP contribution >= 0.6 is 0 Å². The summed E-state index contributed by atoms with van der Waals surface area (Å²) in [5, 5.41) is 15.4. The van der Waals surface area contributed by atoms with E-state index in [-0.39, 0.29) is 5.75 Å². The van der Waals surface area contributed by atoms with Crippen molar-refractivity contribution in [2.75, 3.05) is 0 Å². The zero-order valence-electron chi connectivity index (χ0n) is 8.44. The number of benzene rings is 2. The standard InChI is InChI=1S/C12H12N2O/c1-8(14-13)10-7-6-9-4-2-3-5-11(9)12(10)15/h2-7,15H,13H2,1H3. The second-order valence-electron chi connectivity index (χ2n) is 3.40. The van der Waals surface area contributed by atoms with Crippen LogP contribution < -0.4 is 5.84 Å². The molecule has 0 aliphatic carbocycles. The van der Waals surface area contributed by atoms with E-state index >= 15 is 0 Å². The molecule has 0 bridgehead atoms. The average Bonchev–Trinajstić information content (AvgIpc) is 2.29. The van der Waals surface area contributed by atoms with Gasteiger partial charge >= 0.3 is 0 Å². The molecule has 2 rings (SSSR count). The van der Waals surface area contributed by atoms with Crippen molar-refractivity contribution in [3.63, 3.8) is 0 Å². The van der Waals surface area contributed by atoms with Crippen molar-refractivity contribution in [3.8, 4) is 5.75 Å². The van der Waals surface area contributed by atoms with Crippen molar-refractivity contribution < 1.29 is 5.11 Å². The van der Waals surface area contributed by atoms with Gasteiger partial charge in [-0.05, 0) is 18.4 Å². The maximum atomic E-state index is 10.0. The zero-order valence-corrected chi connectivity index (χ0v) is 8.44. The van der Waals surface area contributed by atoms with Crippen LogP contribution in [0.25, 0.3) is 10.8 Å². The second kappa shape index (κ2) is 3.61. The Bertz CT molecular complexity index is 532. The van der Waals surface area contributed by atoms with Gasteiger partial charge in [-0.2, -0.15) is 5.10 Å². The molecule has 0 aromatic heterocycles. The van der Waals surface area contributed by atoms with Crippen LogP contribution in [0.15, 0.2) is 41.5 Å². The van der Waals surface area contributed by atoms with Gasteiger partial charge in [-0.1, -0.05) is 30.3 Å². The van der Waals surface area contributed by atoms with Crippen molar-refractivity contribution >= 4 is 16.5 Å². The van der Waals surface area contributed by atoms with Gasteiger partial charge in [0.2, 0.25) is 0 Å². The summed E-state index contributed by atoms with van der Waals surface area (Å²) in [6.07, 6.45) is 0. The monoisotopic (exact) mass is 200 g/mol. The maximum absolute atomic E-state index is 10.0. The Labute approximate surface area is 87.8 Å². The van der Waals surface area contributed by atoms with Crippen LogP contribution in [0, 0.1) is 0 Å². The first kappa shape index (κ1) is 9.52. The van der Waals surface area contributed by atoms with E-state index < -0.39 is 0 Å². The first-order valence-corrected chi connectivity index (χ1v) is 4.69. The zero-order chi connectivity index (χ0) is 10.8. The van der Waals surface area contributed by atoms with E-state index in [2.05, 4.69) is 5.10 Å². The van der Waals surface area contributed by atoms with Crippen LogP contribution in [-0.4, -0.2) is 10.8 Å². The van der Waals surface area contributed by atoms with Crippen molar-refractivity contribution in [3.05, 3.63) is 42.0 Å². The Hall–Kier alpha value is -2.03. The minimum Gasteiger partial charge on any atom is -0.507 e. The molecule has 15 heavy (non-hydrogen) atoms. The van der Waals surface area contributed by atoms with E-state index in [0.29, 0.717) is 11.3 Å². The third-order valence-electron chi connectivity index (χ3n) is 2.48. The Morgan fingerprint density at radius 3 is 2.67 bits per heavy atom. The lowest BCUT2D eigenvalue weighted by molar-refractivity contribution is 0.480. The molecule has 0 fully saturated rings. The fourth-order valence-electron chi connectivity index (χ4n) is 1.62. The molecule has 3 nitrogen and oxygen atoms in total. The van der Waals surface area contributed by atoms with Crippen LogP contribution in [0.2, 0.25) is 0 Å². The number of fused-ring (bicyclic) bond motifs is 1. The Kier molecular flexibility index (Phi) is 2.29. The quantitative estimate of drug-likeness (QED) is 0.421. The second-order valence-corrected chi connectivity index (χ2v) is 3.40. The number of nitrogens with zero attached hydrogens (tertiary/aromatic N) is 1. The lowest BCUT2D eigenvalue weighted by atomic mass is 10.0. The first-order chi connectivity index (χ1) is 7.24. The summed E-state index contributed by atoms with van der Waals surface area (Å²) in [7, 11) is 0. The third kappa shape index (κ3) is 1.52. The topological polar surface area (TPSA) is 58.6 Å². The van der Waals surface area contributed by atoms with Crippen LogP contribution in [0.5, 0.6) is 5.75 Å². The number of phenols is 1. The van der Waals surface area contributed by atoms with E-state index in [4.69, 9.17) is 5.84 Å². The van der Waals surface area contributed by atoms with E-state index in [9.17, 15) is 5.11 Å². The summed E-state index contributed by atoms with van der Waals surface area (Å²) in [6, 6.07) is 11.4. The number of hydrogen-bond acceptors (Lipinski definition) is 3. The largest absolute Gasteiger partial charge is 0.507 e. The van der Waals surface area contributed by atoms with Gasteiger partial charge in [-0.25, -0.2) is 0 Å². The van der Waals surface area contributed by atoms with Gasteiger partial charge in [0.1, 0.15) is 5.75 Å². The lowest BCUT2D eigenvalue weighted by Gasteiger charge is -2.06. The van der Waals surface area contributed by atoms with Crippen LogP contribution in [0.4, 0.5) is 0 Å². The molecule has 0 radical (unpaired) electrons. The van der Waals surface area contributed by atoms with Crippen molar-refractivity contribution in [1.29, 1.82) is 0 Å². The SMILES string of the molecule is CC(=NN)c1ccc2ccccc2c1O. The summed E-state index contributed by atoms with van der Waals surface area (Å²) in [4.78, 5) is 0. The minimum atomic E-state index is 0.236. The Morgan fingerprint density at radius 1 is 1.20 bits per heavy atom. The van der Waals surface area contributed by atoms with Gasteiger partial charge in [-0.15, -0.1) is 0 Å². The third-order valence-corrected chi connectivity index (χ3v) is 2.48. The number of hydrogen-bond donors (Lipinski definition) is 2. The van der Waals surface area contributed by atoms with Crippen molar-refractivity contribution in [2.24, 2.45) is 10.9 Å². The molecule has 0 unspecified atom stereocenters. The molecule has 0 atom stereocenters. The number of rotatable bonds is 1.